The van der Waals surface area contributed by atoms with E-state index in [1.54, 1.807) is 12.1 Å². The lowest BCUT2D eigenvalue weighted by Crippen LogP contribution is -2.37. The van der Waals surface area contributed by atoms with Gasteiger partial charge in [-0.2, -0.15) is 0 Å². The van der Waals surface area contributed by atoms with E-state index in [0.29, 0.717) is 13.1 Å². The minimum absolute atomic E-state index is 0. The summed E-state index contributed by atoms with van der Waals surface area (Å²) in [6, 6.07) is 15.8. The first-order valence-electron chi connectivity index (χ1n) is 8.01. The summed E-state index contributed by atoms with van der Waals surface area (Å²) in [5.74, 6) is 0.128. The maximum atomic E-state index is 11.0. The Morgan fingerprint density at radius 2 is 1.77 bits per heavy atom. The summed E-state index contributed by atoms with van der Waals surface area (Å²) in [6.07, 6.45) is -0.838. The second-order valence-corrected chi connectivity index (χ2v) is 5.63. The van der Waals surface area contributed by atoms with Crippen LogP contribution in [-0.4, -0.2) is 52.4 Å². The molecule has 1 atom stereocenters. The van der Waals surface area contributed by atoms with Gasteiger partial charge in [0.2, 0.25) is 0 Å². The van der Waals surface area contributed by atoms with Crippen molar-refractivity contribution in [3.63, 3.8) is 0 Å². The van der Waals surface area contributed by atoms with E-state index >= 15 is 0 Å². The molecule has 0 fully saturated rings. The van der Waals surface area contributed by atoms with Gasteiger partial charge in [0, 0.05) is 25.7 Å². The third kappa shape index (κ3) is 6.97. The maximum Gasteiger partial charge on any atom is 0.310 e. The van der Waals surface area contributed by atoms with Crippen LogP contribution in [0.15, 0.2) is 54.6 Å². The number of para-hydroxylation sites is 2. The Morgan fingerprint density at radius 3 is 2.42 bits per heavy atom. The molecule has 0 aromatic heterocycles. The van der Waals surface area contributed by atoms with Gasteiger partial charge < -0.3 is 14.9 Å². The summed E-state index contributed by atoms with van der Waals surface area (Å²) in [5.41, 5.74) is 0.939. The molecule has 0 saturated heterocycles. The first kappa shape index (κ1) is 21.9. The Bertz CT molecular complexity index is 672. The van der Waals surface area contributed by atoms with Crippen LogP contribution in [0, 0.1) is 10.1 Å². The first-order chi connectivity index (χ1) is 12.1. The average Bonchev–Trinajstić information content (AvgIpc) is 2.61. The van der Waals surface area contributed by atoms with Crippen molar-refractivity contribution in [2.45, 2.75) is 12.6 Å². The average molecular weight is 383 g/mol. The molecule has 1 unspecified atom stereocenters. The Labute approximate surface area is 158 Å². The molecule has 0 amide bonds. The molecule has 2 rings (SSSR count). The van der Waals surface area contributed by atoms with Gasteiger partial charge in [0.25, 0.3) is 0 Å². The van der Waals surface area contributed by atoms with Crippen molar-refractivity contribution < 1.29 is 19.9 Å². The summed E-state index contributed by atoms with van der Waals surface area (Å²) in [7, 11) is 0. The molecule has 2 aromatic carbocycles. The molecule has 142 valence electrons. The monoisotopic (exact) mass is 382 g/mol. The van der Waals surface area contributed by atoms with Gasteiger partial charge in [-0.1, -0.05) is 42.5 Å². The SMILES string of the molecule is Cl.O=[N+]([O-])c1ccccc1OCC(O)CN(CCO)Cc1ccccc1. The molecule has 0 aliphatic heterocycles. The third-order valence-electron chi connectivity index (χ3n) is 3.63. The number of hydrogen-bond donors (Lipinski definition) is 2. The highest BCUT2D eigenvalue weighted by Gasteiger charge is 2.17. The minimum Gasteiger partial charge on any atom is -0.484 e. The second kappa shape index (κ2) is 11.4. The Morgan fingerprint density at radius 1 is 1.12 bits per heavy atom. The van der Waals surface area contributed by atoms with E-state index in [0.717, 1.165) is 5.56 Å². The Kier molecular flexibility index (Phi) is 9.61. The molecule has 0 aliphatic rings. The van der Waals surface area contributed by atoms with Gasteiger partial charge in [-0.25, -0.2) is 0 Å². The molecule has 26 heavy (non-hydrogen) atoms. The number of hydrogen-bond acceptors (Lipinski definition) is 6. The summed E-state index contributed by atoms with van der Waals surface area (Å²) < 4.78 is 5.41. The van der Waals surface area contributed by atoms with Crippen LogP contribution in [0.1, 0.15) is 5.56 Å². The van der Waals surface area contributed by atoms with E-state index < -0.39 is 11.0 Å². The van der Waals surface area contributed by atoms with Gasteiger partial charge >= 0.3 is 5.69 Å². The van der Waals surface area contributed by atoms with Crippen molar-refractivity contribution in [1.29, 1.82) is 0 Å². The zero-order chi connectivity index (χ0) is 18.1. The number of rotatable bonds is 10. The molecule has 0 heterocycles. The molecule has 7 nitrogen and oxygen atoms in total. The number of nitrogens with zero attached hydrogens (tertiary/aromatic N) is 2. The van der Waals surface area contributed by atoms with Crippen LogP contribution in [0.3, 0.4) is 0 Å². The molecule has 2 N–H and O–H groups in total. The smallest absolute Gasteiger partial charge is 0.310 e. The van der Waals surface area contributed by atoms with Crippen molar-refractivity contribution in [3.05, 3.63) is 70.3 Å². The van der Waals surface area contributed by atoms with E-state index in [9.17, 15) is 20.3 Å². The number of ether oxygens (including phenoxy) is 1. The van der Waals surface area contributed by atoms with Crippen molar-refractivity contribution in [1.82, 2.24) is 4.90 Å². The topological polar surface area (TPSA) is 96.1 Å². The van der Waals surface area contributed by atoms with E-state index in [-0.39, 0.29) is 43.6 Å². The molecule has 8 heteroatoms. The van der Waals surface area contributed by atoms with Gasteiger partial charge in [-0.3, -0.25) is 15.0 Å². The lowest BCUT2D eigenvalue weighted by Gasteiger charge is -2.24. The number of halogens is 1. The number of aliphatic hydroxyl groups is 2. The van der Waals surface area contributed by atoms with Crippen molar-refractivity contribution >= 4 is 18.1 Å². The number of aliphatic hydroxyl groups excluding tert-OH is 2. The van der Waals surface area contributed by atoms with Gasteiger partial charge in [-0.15, -0.1) is 12.4 Å². The Balaban J connectivity index is 0.00000338. The number of nitro groups is 1. The lowest BCUT2D eigenvalue weighted by molar-refractivity contribution is -0.385. The van der Waals surface area contributed by atoms with Gasteiger partial charge in [0.1, 0.15) is 12.7 Å². The molecule has 0 spiro atoms. The fourth-order valence-electron chi connectivity index (χ4n) is 2.48. The van der Waals surface area contributed by atoms with Crippen LogP contribution in [0.25, 0.3) is 0 Å². The van der Waals surface area contributed by atoms with Crippen molar-refractivity contribution in [2.24, 2.45) is 0 Å². The van der Waals surface area contributed by atoms with Gasteiger partial charge in [-0.05, 0) is 11.6 Å². The van der Waals surface area contributed by atoms with E-state index in [1.807, 2.05) is 35.2 Å². The zero-order valence-electron chi connectivity index (χ0n) is 14.2. The molecule has 0 radical (unpaired) electrons. The van der Waals surface area contributed by atoms with E-state index in [2.05, 4.69) is 0 Å². The highest BCUT2D eigenvalue weighted by Crippen LogP contribution is 2.25. The summed E-state index contributed by atoms with van der Waals surface area (Å²) in [5, 5.41) is 30.4. The minimum atomic E-state index is -0.838. The van der Waals surface area contributed by atoms with Crippen LogP contribution >= 0.6 is 12.4 Å². The lowest BCUT2D eigenvalue weighted by atomic mass is 10.2. The first-order valence-corrected chi connectivity index (χ1v) is 8.01. The number of nitro benzene ring substituents is 1. The summed E-state index contributed by atoms with van der Waals surface area (Å²) in [6.45, 7) is 1.20. The van der Waals surface area contributed by atoms with Gasteiger partial charge in [0.05, 0.1) is 11.5 Å². The van der Waals surface area contributed by atoms with Crippen molar-refractivity contribution in [2.75, 3.05) is 26.3 Å². The second-order valence-electron chi connectivity index (χ2n) is 5.63. The number of benzene rings is 2. The molecular weight excluding hydrogens is 360 g/mol. The maximum absolute atomic E-state index is 11.0. The van der Waals surface area contributed by atoms with Crippen LogP contribution < -0.4 is 4.74 Å². The molecule has 2 aromatic rings. The highest BCUT2D eigenvalue weighted by molar-refractivity contribution is 5.85. The zero-order valence-corrected chi connectivity index (χ0v) is 15.0. The molecule has 0 saturated carbocycles. The normalized spacial score (nSPS) is 11.7. The quantitative estimate of drug-likeness (QED) is 0.483. The fourth-order valence-corrected chi connectivity index (χ4v) is 2.48. The van der Waals surface area contributed by atoms with Crippen molar-refractivity contribution in [3.8, 4) is 5.75 Å². The summed E-state index contributed by atoms with van der Waals surface area (Å²) >= 11 is 0. The van der Waals surface area contributed by atoms with Gasteiger partial charge in [0.15, 0.2) is 5.75 Å². The van der Waals surface area contributed by atoms with Crippen LogP contribution in [0.4, 0.5) is 5.69 Å². The van der Waals surface area contributed by atoms with Crippen LogP contribution in [-0.2, 0) is 6.54 Å². The van der Waals surface area contributed by atoms with Crippen LogP contribution in [0.2, 0.25) is 0 Å². The van der Waals surface area contributed by atoms with E-state index in [1.165, 1.54) is 12.1 Å². The van der Waals surface area contributed by atoms with E-state index in [4.69, 9.17) is 4.74 Å². The highest BCUT2D eigenvalue weighted by atomic mass is 35.5. The standard InChI is InChI=1S/C18H22N2O5.ClH/c21-11-10-19(12-15-6-2-1-3-7-15)13-16(22)14-25-18-9-5-4-8-17(18)20(23)24;/h1-9,16,21-22H,10-14H2;1H. The predicted octanol–water partition coefficient (Wildman–Crippen LogP) is 2.25. The third-order valence-corrected chi connectivity index (χ3v) is 3.63. The molecule has 0 aliphatic carbocycles. The molecular formula is C18H23ClN2O5. The largest absolute Gasteiger partial charge is 0.484 e. The van der Waals surface area contributed by atoms with Crippen LogP contribution in [0.5, 0.6) is 5.75 Å². The summed E-state index contributed by atoms with van der Waals surface area (Å²) in [4.78, 5) is 12.3. The molecule has 0 bridgehead atoms. The Hall–Kier alpha value is -2.19. The fraction of sp³-hybridized carbons (Fsp3) is 0.333. The predicted molar refractivity (Wildman–Crippen MR) is 101 cm³/mol.